The third kappa shape index (κ3) is 5.14. The quantitative estimate of drug-likeness (QED) is 0.332. The number of nitrogens with one attached hydrogen (secondary N) is 3. The van der Waals surface area contributed by atoms with Crippen LogP contribution in [0.3, 0.4) is 0 Å². The molecule has 0 saturated heterocycles. The number of methoxy groups -OCH3 is 2. The molecule has 0 saturated carbocycles. The summed E-state index contributed by atoms with van der Waals surface area (Å²) in [5.74, 6) is 0.700. The summed E-state index contributed by atoms with van der Waals surface area (Å²) < 4.78 is 10.5. The largest absolute Gasteiger partial charge is 0.493 e. The van der Waals surface area contributed by atoms with Gasteiger partial charge in [0.05, 0.1) is 14.2 Å². The standard InChI is InChI=1S/C28H29N3O4/c1-28(2,17-30-27(33)22-6-5-7-23-21(22)14-15-29-23)19-9-11-20(12-10-19)31-26(32)18-8-13-24(34-3)25(16-18)35-4/h5-16,29H,17H2,1-4H3,(H,30,33)(H,31,32). The van der Waals surface area contributed by atoms with Crippen LogP contribution in [0.1, 0.15) is 40.1 Å². The molecule has 7 heteroatoms. The first-order chi connectivity index (χ1) is 16.8. The molecule has 1 heterocycles. The first-order valence-electron chi connectivity index (χ1n) is 11.3. The molecule has 0 spiro atoms. The molecular formula is C28H29N3O4. The van der Waals surface area contributed by atoms with Crippen LogP contribution in [0.25, 0.3) is 10.9 Å². The number of H-pyrrole nitrogens is 1. The molecule has 0 bridgehead atoms. The second-order valence-electron chi connectivity index (χ2n) is 8.91. The fraction of sp³-hybridized carbons (Fsp3) is 0.214. The van der Waals surface area contributed by atoms with E-state index in [0.29, 0.717) is 34.9 Å². The van der Waals surface area contributed by atoms with Gasteiger partial charge in [-0.1, -0.05) is 32.0 Å². The summed E-state index contributed by atoms with van der Waals surface area (Å²) in [5.41, 5.74) is 3.45. The molecule has 0 unspecified atom stereocenters. The fourth-order valence-electron chi connectivity index (χ4n) is 3.97. The van der Waals surface area contributed by atoms with E-state index in [-0.39, 0.29) is 17.2 Å². The van der Waals surface area contributed by atoms with Crippen LogP contribution in [0.5, 0.6) is 11.5 Å². The molecule has 2 amide bonds. The molecule has 0 radical (unpaired) electrons. The average molecular weight is 472 g/mol. The lowest BCUT2D eigenvalue weighted by Gasteiger charge is -2.26. The number of fused-ring (bicyclic) bond motifs is 1. The molecule has 0 atom stereocenters. The van der Waals surface area contributed by atoms with Crippen LogP contribution < -0.4 is 20.1 Å². The van der Waals surface area contributed by atoms with Crippen molar-refractivity contribution in [3.63, 3.8) is 0 Å². The lowest BCUT2D eigenvalue weighted by molar-refractivity contribution is 0.0946. The van der Waals surface area contributed by atoms with Crippen LogP contribution in [-0.2, 0) is 5.41 Å². The number of ether oxygens (including phenoxy) is 2. The minimum absolute atomic E-state index is 0.109. The Balaban J connectivity index is 1.40. The second kappa shape index (κ2) is 9.93. The van der Waals surface area contributed by atoms with E-state index in [1.807, 2.05) is 54.7 Å². The third-order valence-corrected chi connectivity index (χ3v) is 6.10. The van der Waals surface area contributed by atoms with Crippen molar-refractivity contribution in [3.8, 4) is 11.5 Å². The zero-order valence-electron chi connectivity index (χ0n) is 20.3. The van der Waals surface area contributed by atoms with Gasteiger partial charge in [0.25, 0.3) is 11.8 Å². The van der Waals surface area contributed by atoms with E-state index in [9.17, 15) is 9.59 Å². The summed E-state index contributed by atoms with van der Waals surface area (Å²) in [7, 11) is 3.08. The molecule has 0 aliphatic heterocycles. The maximum absolute atomic E-state index is 12.8. The van der Waals surface area contributed by atoms with Gasteiger partial charge in [0.2, 0.25) is 0 Å². The highest BCUT2D eigenvalue weighted by atomic mass is 16.5. The van der Waals surface area contributed by atoms with Crippen molar-refractivity contribution in [1.82, 2.24) is 10.3 Å². The Hall–Kier alpha value is -4.26. The molecule has 0 fully saturated rings. The van der Waals surface area contributed by atoms with Crippen molar-refractivity contribution < 1.29 is 19.1 Å². The van der Waals surface area contributed by atoms with Crippen LogP contribution in [0.15, 0.2) is 72.9 Å². The van der Waals surface area contributed by atoms with Gasteiger partial charge >= 0.3 is 0 Å². The summed E-state index contributed by atoms with van der Waals surface area (Å²) >= 11 is 0. The van der Waals surface area contributed by atoms with Gasteiger partial charge in [-0.2, -0.15) is 0 Å². The van der Waals surface area contributed by atoms with E-state index >= 15 is 0 Å². The van der Waals surface area contributed by atoms with Crippen molar-refractivity contribution in [1.29, 1.82) is 0 Å². The Kier molecular flexibility index (Phi) is 6.78. The minimum atomic E-state index is -0.312. The number of amides is 2. The summed E-state index contributed by atoms with van der Waals surface area (Å²) in [4.78, 5) is 28.7. The van der Waals surface area contributed by atoms with E-state index < -0.39 is 0 Å². The topological polar surface area (TPSA) is 92.5 Å². The third-order valence-electron chi connectivity index (χ3n) is 6.10. The molecule has 4 rings (SSSR count). The summed E-state index contributed by atoms with van der Waals surface area (Å²) in [6, 6.07) is 20.2. The number of hydrogen-bond acceptors (Lipinski definition) is 4. The Bertz CT molecular complexity index is 1360. The number of aromatic amines is 1. The second-order valence-corrected chi connectivity index (χ2v) is 8.91. The van der Waals surface area contributed by atoms with Gasteiger partial charge in [0, 0.05) is 45.9 Å². The number of benzene rings is 3. The van der Waals surface area contributed by atoms with E-state index in [1.54, 1.807) is 25.3 Å². The maximum atomic E-state index is 12.8. The van der Waals surface area contributed by atoms with E-state index in [0.717, 1.165) is 16.5 Å². The summed E-state index contributed by atoms with van der Waals surface area (Å²) in [6.07, 6.45) is 1.83. The minimum Gasteiger partial charge on any atom is -0.493 e. The molecule has 1 aromatic heterocycles. The van der Waals surface area contributed by atoms with Crippen molar-refractivity contribution in [2.45, 2.75) is 19.3 Å². The van der Waals surface area contributed by atoms with Gasteiger partial charge in [-0.15, -0.1) is 0 Å². The van der Waals surface area contributed by atoms with Crippen LogP contribution in [0, 0.1) is 0 Å². The normalized spacial score (nSPS) is 11.2. The molecule has 4 aromatic rings. The van der Waals surface area contributed by atoms with Gasteiger partial charge in [0.1, 0.15) is 0 Å². The summed E-state index contributed by atoms with van der Waals surface area (Å²) in [5, 5.41) is 6.87. The molecule has 35 heavy (non-hydrogen) atoms. The molecule has 3 aromatic carbocycles. The van der Waals surface area contributed by atoms with Crippen molar-refractivity contribution in [2.24, 2.45) is 0 Å². The molecule has 0 aliphatic rings. The highest BCUT2D eigenvalue weighted by molar-refractivity contribution is 6.06. The van der Waals surface area contributed by atoms with Gasteiger partial charge in [-0.05, 0) is 54.1 Å². The lowest BCUT2D eigenvalue weighted by Crippen LogP contribution is -2.36. The van der Waals surface area contributed by atoms with Crippen LogP contribution in [0.4, 0.5) is 5.69 Å². The van der Waals surface area contributed by atoms with Gasteiger partial charge in [-0.3, -0.25) is 9.59 Å². The molecule has 180 valence electrons. The molecule has 0 aliphatic carbocycles. The molecule has 7 nitrogen and oxygen atoms in total. The van der Waals surface area contributed by atoms with Gasteiger partial charge in [0.15, 0.2) is 11.5 Å². The Morgan fingerprint density at radius 3 is 2.34 bits per heavy atom. The number of carbonyl (C=O) groups excluding carboxylic acids is 2. The average Bonchev–Trinajstić information content (AvgIpc) is 3.36. The van der Waals surface area contributed by atoms with Crippen molar-refractivity contribution in [3.05, 3.63) is 89.6 Å². The van der Waals surface area contributed by atoms with E-state index in [4.69, 9.17) is 9.47 Å². The highest BCUT2D eigenvalue weighted by Crippen LogP contribution is 2.28. The lowest BCUT2D eigenvalue weighted by atomic mass is 9.84. The van der Waals surface area contributed by atoms with Crippen molar-refractivity contribution >= 4 is 28.4 Å². The van der Waals surface area contributed by atoms with E-state index in [1.165, 1.54) is 7.11 Å². The van der Waals surface area contributed by atoms with Crippen LogP contribution >= 0.6 is 0 Å². The Morgan fingerprint density at radius 1 is 0.886 bits per heavy atom. The number of anilines is 1. The predicted molar refractivity (Wildman–Crippen MR) is 138 cm³/mol. The Morgan fingerprint density at radius 2 is 1.63 bits per heavy atom. The predicted octanol–water partition coefficient (Wildman–Crippen LogP) is 5.15. The van der Waals surface area contributed by atoms with Crippen molar-refractivity contribution in [2.75, 3.05) is 26.1 Å². The zero-order valence-corrected chi connectivity index (χ0v) is 20.3. The number of hydrogen-bond donors (Lipinski definition) is 3. The van der Waals surface area contributed by atoms with Crippen LogP contribution in [-0.4, -0.2) is 37.6 Å². The first kappa shape index (κ1) is 23.9. The Labute approximate surface area is 204 Å². The monoisotopic (exact) mass is 471 g/mol. The number of rotatable bonds is 8. The highest BCUT2D eigenvalue weighted by Gasteiger charge is 2.22. The van der Waals surface area contributed by atoms with E-state index in [2.05, 4.69) is 29.5 Å². The number of carbonyl (C=O) groups is 2. The van der Waals surface area contributed by atoms with Crippen LogP contribution in [0.2, 0.25) is 0 Å². The summed E-state index contributed by atoms with van der Waals surface area (Å²) in [6.45, 7) is 4.60. The number of aromatic nitrogens is 1. The molecule has 3 N–H and O–H groups in total. The first-order valence-corrected chi connectivity index (χ1v) is 11.3. The van der Waals surface area contributed by atoms with Gasteiger partial charge in [-0.25, -0.2) is 0 Å². The molecular weight excluding hydrogens is 442 g/mol. The smallest absolute Gasteiger partial charge is 0.255 e. The fourth-order valence-corrected chi connectivity index (χ4v) is 3.97. The zero-order chi connectivity index (χ0) is 25.0. The SMILES string of the molecule is COc1ccc(C(=O)Nc2ccc(C(C)(C)CNC(=O)c3cccc4[nH]ccc34)cc2)cc1OC. The maximum Gasteiger partial charge on any atom is 0.255 e. The van der Waals surface area contributed by atoms with Gasteiger partial charge < -0.3 is 25.1 Å².